The van der Waals surface area contributed by atoms with Gasteiger partial charge in [-0.15, -0.1) is 4.68 Å². The van der Waals surface area contributed by atoms with Crippen LogP contribution in [0.15, 0.2) is 54.9 Å². The molecule has 100 valence electrons. The quantitative estimate of drug-likeness (QED) is 0.263. The lowest BCUT2D eigenvalue weighted by molar-refractivity contribution is -0.644. The van der Waals surface area contributed by atoms with Crippen LogP contribution in [0.5, 0.6) is 0 Å². The van der Waals surface area contributed by atoms with E-state index >= 15 is 0 Å². The van der Waals surface area contributed by atoms with E-state index in [1.54, 1.807) is 4.68 Å². The van der Waals surface area contributed by atoms with Crippen LogP contribution in [0.4, 0.5) is 0 Å². The molecule has 0 radical (unpaired) electrons. The molecule has 1 heterocycles. The van der Waals surface area contributed by atoms with E-state index in [2.05, 4.69) is 53.1 Å². The number of nitrogens with zero attached hydrogens (tertiary/aromatic N) is 2. The second-order valence-electron chi connectivity index (χ2n) is 4.92. The molecule has 0 unspecified atom stereocenters. The van der Waals surface area contributed by atoms with Crippen LogP contribution in [-0.2, 0) is 7.05 Å². The van der Waals surface area contributed by atoms with Crippen LogP contribution in [0.25, 0.3) is 32.6 Å². The van der Waals surface area contributed by atoms with Crippen molar-refractivity contribution in [2.45, 2.75) is 0 Å². The first kappa shape index (κ1) is 12.8. The molecule has 0 spiro atoms. The largest absolute Gasteiger partial charge is 1.00 e. The first-order valence-electron chi connectivity index (χ1n) is 6.32. The molecule has 0 aliphatic heterocycles. The third-order valence-electron chi connectivity index (χ3n) is 3.79. The number of aryl methyl sites for hydroxylation is 1. The molecule has 0 atom stereocenters. The van der Waals surface area contributed by atoms with Gasteiger partial charge in [-0.05, 0) is 22.9 Å². The smallest absolute Gasteiger partial charge is 0.267 e. The Hall–Kier alpha value is -2.26. The summed E-state index contributed by atoms with van der Waals surface area (Å²) < 4.78 is 3.80. The Morgan fingerprint density at radius 2 is 1.35 bits per heavy atom. The molecule has 20 heavy (non-hydrogen) atoms. The first-order valence-corrected chi connectivity index (χ1v) is 6.32. The minimum atomic E-state index is 0. The van der Waals surface area contributed by atoms with Gasteiger partial charge >= 0.3 is 0 Å². The van der Waals surface area contributed by atoms with Gasteiger partial charge in [-0.3, -0.25) is 5.84 Å². The molecule has 0 saturated carbocycles. The Kier molecular flexibility index (Phi) is 2.80. The maximum Gasteiger partial charge on any atom is 0.267 e. The Bertz CT molecular complexity index is 865. The fraction of sp³-hybridized carbons (Fsp3) is 0.0625. The monoisotopic (exact) mass is 283 g/mol. The van der Waals surface area contributed by atoms with Crippen molar-refractivity contribution < 1.29 is 17.0 Å². The predicted molar refractivity (Wildman–Crippen MR) is 78.3 cm³/mol. The third-order valence-corrected chi connectivity index (χ3v) is 3.79. The Morgan fingerprint density at radius 3 is 2.00 bits per heavy atom. The second kappa shape index (κ2) is 4.39. The summed E-state index contributed by atoms with van der Waals surface area (Å²) in [4.78, 5) is 0. The number of benzene rings is 3. The number of halogens is 1. The highest BCUT2D eigenvalue weighted by atomic mass is 35.5. The van der Waals surface area contributed by atoms with Gasteiger partial charge in [0.1, 0.15) is 0 Å². The molecule has 4 heteroatoms. The fourth-order valence-electron chi connectivity index (χ4n) is 3.02. The Morgan fingerprint density at radius 1 is 0.850 bits per heavy atom. The van der Waals surface area contributed by atoms with Gasteiger partial charge in [0.2, 0.25) is 5.52 Å². The van der Waals surface area contributed by atoms with Crippen LogP contribution >= 0.6 is 0 Å². The van der Waals surface area contributed by atoms with E-state index in [9.17, 15) is 0 Å². The number of fused-ring (bicyclic) bond motifs is 6. The molecule has 2 N–H and O–H groups in total. The summed E-state index contributed by atoms with van der Waals surface area (Å²) in [5.41, 5.74) is 2.26. The van der Waals surface area contributed by atoms with Crippen molar-refractivity contribution in [3.63, 3.8) is 0 Å². The molecule has 0 amide bonds. The summed E-state index contributed by atoms with van der Waals surface area (Å²) in [5, 5.41) is 4.95. The lowest BCUT2D eigenvalue weighted by Crippen LogP contribution is -3.00. The van der Waals surface area contributed by atoms with E-state index in [0.717, 1.165) is 5.52 Å². The van der Waals surface area contributed by atoms with Crippen molar-refractivity contribution in [1.29, 1.82) is 0 Å². The average molecular weight is 284 g/mol. The molecule has 3 aromatic carbocycles. The van der Waals surface area contributed by atoms with Crippen molar-refractivity contribution in [2.75, 3.05) is 5.84 Å². The second-order valence-corrected chi connectivity index (χ2v) is 4.92. The van der Waals surface area contributed by atoms with Crippen molar-refractivity contribution in [3.8, 4) is 0 Å². The zero-order valence-electron chi connectivity index (χ0n) is 11.0. The van der Waals surface area contributed by atoms with Crippen LogP contribution in [0, 0.1) is 0 Å². The van der Waals surface area contributed by atoms with E-state index in [1.165, 1.54) is 27.1 Å². The number of nitrogen functional groups attached to an aromatic ring is 1. The molecule has 3 nitrogen and oxygen atoms in total. The summed E-state index contributed by atoms with van der Waals surface area (Å²) in [6.45, 7) is 0. The maximum atomic E-state index is 6.13. The summed E-state index contributed by atoms with van der Waals surface area (Å²) in [5.74, 6) is 6.13. The summed E-state index contributed by atoms with van der Waals surface area (Å²) in [6.07, 6.45) is 1.92. The van der Waals surface area contributed by atoms with Gasteiger partial charge in [0.25, 0.3) is 6.33 Å². The van der Waals surface area contributed by atoms with E-state index in [4.69, 9.17) is 5.84 Å². The summed E-state index contributed by atoms with van der Waals surface area (Å²) >= 11 is 0. The number of imidazole rings is 1. The van der Waals surface area contributed by atoms with Crippen LogP contribution in [0.2, 0.25) is 0 Å². The van der Waals surface area contributed by atoms with Gasteiger partial charge in [0.05, 0.1) is 7.05 Å². The molecule has 0 aliphatic carbocycles. The minimum Gasteiger partial charge on any atom is -1.00 e. The Balaban J connectivity index is 0.00000121. The average Bonchev–Trinajstić information content (AvgIpc) is 2.75. The molecule has 0 fully saturated rings. The zero-order valence-corrected chi connectivity index (χ0v) is 11.8. The number of rotatable bonds is 0. The van der Waals surface area contributed by atoms with Gasteiger partial charge in [0, 0.05) is 10.8 Å². The molecule has 4 aromatic rings. The van der Waals surface area contributed by atoms with Gasteiger partial charge in [0.15, 0.2) is 5.52 Å². The van der Waals surface area contributed by atoms with E-state index in [1.807, 2.05) is 13.4 Å². The molecular formula is C16H14ClN3. The number of hydrogen-bond donors (Lipinski definition) is 1. The summed E-state index contributed by atoms with van der Waals surface area (Å²) in [7, 11) is 2.03. The van der Waals surface area contributed by atoms with Crippen LogP contribution in [-0.4, -0.2) is 4.68 Å². The fourth-order valence-corrected chi connectivity index (χ4v) is 3.02. The highest BCUT2D eigenvalue weighted by Crippen LogP contribution is 2.32. The third kappa shape index (κ3) is 1.50. The lowest BCUT2D eigenvalue weighted by atomic mass is 10.00. The maximum absolute atomic E-state index is 6.13. The van der Waals surface area contributed by atoms with E-state index < -0.39 is 0 Å². The number of nitrogens with two attached hydrogens (primary N) is 1. The van der Waals surface area contributed by atoms with E-state index in [-0.39, 0.29) is 12.4 Å². The van der Waals surface area contributed by atoms with Gasteiger partial charge in [-0.2, -0.15) is 0 Å². The number of hydrogen-bond acceptors (Lipinski definition) is 1. The SMILES string of the molecule is C[n+]1cn(N)c2c3ccccc3c3ccccc3c21.[Cl-]. The zero-order chi connectivity index (χ0) is 13.0. The molecule has 0 aliphatic rings. The van der Waals surface area contributed by atoms with Gasteiger partial charge in [-0.25, -0.2) is 4.57 Å². The molecule has 0 saturated heterocycles. The normalized spacial score (nSPS) is 11.1. The predicted octanol–water partition coefficient (Wildman–Crippen LogP) is -0.510. The highest BCUT2D eigenvalue weighted by molar-refractivity contribution is 6.22. The van der Waals surface area contributed by atoms with Crippen molar-refractivity contribution >= 4 is 32.6 Å². The minimum absolute atomic E-state index is 0. The van der Waals surface area contributed by atoms with Gasteiger partial charge in [-0.1, -0.05) is 36.4 Å². The van der Waals surface area contributed by atoms with E-state index in [0.29, 0.717) is 0 Å². The molecule has 0 bridgehead atoms. The Labute approximate surface area is 122 Å². The topological polar surface area (TPSA) is 34.8 Å². The molecular weight excluding hydrogens is 270 g/mol. The van der Waals surface area contributed by atoms with Crippen molar-refractivity contribution in [2.24, 2.45) is 7.05 Å². The van der Waals surface area contributed by atoms with Crippen molar-refractivity contribution in [1.82, 2.24) is 4.68 Å². The molecule has 4 rings (SSSR count). The van der Waals surface area contributed by atoms with Crippen molar-refractivity contribution in [3.05, 3.63) is 54.9 Å². The summed E-state index contributed by atoms with van der Waals surface area (Å²) in [6, 6.07) is 16.9. The highest BCUT2D eigenvalue weighted by Gasteiger charge is 2.19. The van der Waals surface area contributed by atoms with Crippen LogP contribution in [0.3, 0.4) is 0 Å². The lowest BCUT2D eigenvalue weighted by Gasteiger charge is -2.04. The van der Waals surface area contributed by atoms with Crippen LogP contribution in [0.1, 0.15) is 0 Å². The molecule has 1 aromatic heterocycles. The standard InChI is InChI=1S/C16H14N3.ClH/c1-18-10-19(17)16-14-9-5-3-7-12(14)11-6-2-4-8-13(11)15(16)18;/h2-10H,17H2,1H3;1H/q+1;/p-1. The number of aromatic nitrogens is 2. The van der Waals surface area contributed by atoms with Crippen LogP contribution < -0.4 is 22.8 Å². The first-order chi connectivity index (χ1) is 9.27. The van der Waals surface area contributed by atoms with Gasteiger partial charge < -0.3 is 12.4 Å².